The molecule has 3 aromatic rings. The van der Waals surface area contributed by atoms with Crippen molar-refractivity contribution in [1.29, 1.82) is 0 Å². The number of benzene rings is 2. The van der Waals surface area contributed by atoms with Crippen LogP contribution in [-0.2, 0) is 16.2 Å². The Morgan fingerprint density at radius 3 is 2.38 bits per heavy atom. The fourth-order valence-electron chi connectivity index (χ4n) is 3.28. The maximum atomic E-state index is 11.4. The van der Waals surface area contributed by atoms with Gasteiger partial charge in [0.1, 0.15) is 5.71 Å². The first-order chi connectivity index (χ1) is 14.0. The zero-order chi connectivity index (χ0) is 21.0. The minimum Gasteiger partial charge on any atom is -0.493 e. The van der Waals surface area contributed by atoms with E-state index in [0.29, 0.717) is 28.5 Å². The first kappa shape index (κ1) is 20.3. The maximum absolute atomic E-state index is 11.4. The van der Waals surface area contributed by atoms with Crippen LogP contribution in [0.2, 0.25) is 0 Å². The van der Waals surface area contributed by atoms with Crippen LogP contribution in [0.25, 0.3) is 10.9 Å². The van der Waals surface area contributed by atoms with Crippen LogP contribution >= 0.6 is 0 Å². The number of ether oxygens (including phenoxy) is 3. The predicted octanol–water partition coefficient (Wildman–Crippen LogP) is 4.00. The second kappa shape index (κ2) is 8.68. The number of carbonyl (C=O) groups is 1. The van der Waals surface area contributed by atoms with E-state index in [0.717, 1.165) is 23.0 Å². The van der Waals surface area contributed by atoms with Crippen molar-refractivity contribution in [1.82, 2.24) is 4.57 Å². The molecule has 0 aliphatic carbocycles. The second-order valence-electron chi connectivity index (χ2n) is 6.28. The highest BCUT2D eigenvalue weighted by Crippen LogP contribution is 2.41. The van der Waals surface area contributed by atoms with Crippen molar-refractivity contribution < 1.29 is 23.8 Å². The van der Waals surface area contributed by atoms with Crippen LogP contribution in [0.4, 0.5) is 0 Å². The Morgan fingerprint density at radius 1 is 1.00 bits per heavy atom. The molecule has 0 spiro atoms. The van der Waals surface area contributed by atoms with Gasteiger partial charge in [0.25, 0.3) is 0 Å². The number of rotatable bonds is 7. The molecule has 0 N–H and O–H groups in total. The van der Waals surface area contributed by atoms with Gasteiger partial charge in [-0.15, -0.1) is 0 Å². The van der Waals surface area contributed by atoms with Gasteiger partial charge in [-0.3, -0.25) is 0 Å². The van der Waals surface area contributed by atoms with Crippen LogP contribution in [0, 0.1) is 0 Å². The summed E-state index contributed by atoms with van der Waals surface area (Å²) in [7, 11) is 4.62. The van der Waals surface area contributed by atoms with E-state index >= 15 is 0 Å². The van der Waals surface area contributed by atoms with Gasteiger partial charge in [-0.25, -0.2) is 4.79 Å². The average Bonchev–Trinajstić information content (AvgIpc) is 3.15. The van der Waals surface area contributed by atoms with Crippen LogP contribution in [0.5, 0.6) is 17.2 Å². The van der Waals surface area contributed by atoms with E-state index < -0.39 is 5.97 Å². The molecule has 0 radical (unpaired) electrons. The van der Waals surface area contributed by atoms with E-state index in [4.69, 9.17) is 19.0 Å². The first-order valence-corrected chi connectivity index (χ1v) is 9.18. The lowest BCUT2D eigenvalue weighted by atomic mass is 9.99. The van der Waals surface area contributed by atoms with E-state index in [2.05, 4.69) is 16.6 Å². The highest BCUT2D eigenvalue weighted by Gasteiger charge is 2.22. The lowest BCUT2D eigenvalue weighted by molar-refractivity contribution is -0.140. The summed E-state index contributed by atoms with van der Waals surface area (Å²) < 4.78 is 18.6. The molecule has 7 heteroatoms. The molecule has 0 bridgehead atoms. The normalized spacial score (nSPS) is 11.4. The largest absolute Gasteiger partial charge is 0.493 e. The molecule has 0 fully saturated rings. The average molecular weight is 396 g/mol. The topological polar surface area (TPSA) is 71.3 Å². The van der Waals surface area contributed by atoms with Crippen molar-refractivity contribution in [2.75, 3.05) is 21.3 Å². The number of carbonyl (C=O) groups excluding carboxylic acids is 1. The number of hydrogen-bond donors (Lipinski definition) is 0. The van der Waals surface area contributed by atoms with Gasteiger partial charge in [0.15, 0.2) is 11.5 Å². The highest BCUT2D eigenvalue weighted by atomic mass is 16.7. The van der Waals surface area contributed by atoms with Gasteiger partial charge in [-0.05, 0) is 37.3 Å². The number of methoxy groups -OCH3 is 3. The van der Waals surface area contributed by atoms with Crippen LogP contribution in [0.3, 0.4) is 0 Å². The minimum absolute atomic E-state index is 0.432. The quantitative estimate of drug-likeness (QED) is 0.343. The number of oxime groups is 1. The van der Waals surface area contributed by atoms with E-state index in [1.54, 1.807) is 19.2 Å². The van der Waals surface area contributed by atoms with Gasteiger partial charge in [0.2, 0.25) is 5.75 Å². The molecule has 152 valence electrons. The lowest BCUT2D eigenvalue weighted by Gasteiger charge is -2.17. The van der Waals surface area contributed by atoms with Crippen LogP contribution in [-0.4, -0.2) is 37.6 Å². The molecule has 0 saturated heterocycles. The Balaban J connectivity index is 2.21. The SMILES string of the molecule is CCn1ccc2cc(/C(=N/OC(C)=O)c3ccc(OC)c(OC)c3OC)ccc21. The summed E-state index contributed by atoms with van der Waals surface area (Å²) in [5, 5.41) is 5.18. The summed E-state index contributed by atoms with van der Waals surface area (Å²) in [5.41, 5.74) is 2.95. The van der Waals surface area contributed by atoms with Gasteiger partial charge in [0, 0.05) is 36.1 Å². The number of fused-ring (bicyclic) bond motifs is 1. The Morgan fingerprint density at radius 2 is 1.76 bits per heavy atom. The molecule has 7 nitrogen and oxygen atoms in total. The number of aromatic nitrogens is 1. The summed E-state index contributed by atoms with van der Waals surface area (Å²) >= 11 is 0. The molecule has 0 amide bonds. The van der Waals surface area contributed by atoms with Gasteiger partial charge >= 0.3 is 5.97 Å². The van der Waals surface area contributed by atoms with E-state index in [-0.39, 0.29) is 0 Å². The second-order valence-corrected chi connectivity index (χ2v) is 6.28. The molecule has 1 aromatic heterocycles. The van der Waals surface area contributed by atoms with Gasteiger partial charge in [-0.2, -0.15) is 0 Å². The zero-order valence-corrected chi connectivity index (χ0v) is 17.2. The van der Waals surface area contributed by atoms with Crippen molar-refractivity contribution in [2.24, 2.45) is 5.16 Å². The number of hydrogen-bond acceptors (Lipinski definition) is 6. The summed E-state index contributed by atoms with van der Waals surface area (Å²) in [4.78, 5) is 16.4. The number of nitrogens with zero attached hydrogens (tertiary/aromatic N) is 2. The molecule has 29 heavy (non-hydrogen) atoms. The van der Waals surface area contributed by atoms with E-state index in [1.165, 1.54) is 21.1 Å². The minimum atomic E-state index is -0.514. The van der Waals surface area contributed by atoms with Crippen molar-refractivity contribution >= 4 is 22.6 Å². The van der Waals surface area contributed by atoms with Gasteiger partial charge in [0.05, 0.1) is 26.9 Å². The molecule has 3 rings (SSSR count). The summed E-state index contributed by atoms with van der Waals surface area (Å²) in [6.45, 7) is 4.27. The summed E-state index contributed by atoms with van der Waals surface area (Å²) in [6.07, 6.45) is 2.04. The third-order valence-electron chi connectivity index (χ3n) is 4.61. The third-order valence-corrected chi connectivity index (χ3v) is 4.61. The standard InChI is InChI=1S/C22H24N2O5/c1-6-24-12-11-15-13-16(7-9-18(15)24)20(23-29-14(2)25)17-8-10-19(26-3)22(28-5)21(17)27-4/h7-13H,6H2,1-5H3/b23-20-. The molecule has 0 unspecified atom stereocenters. The summed E-state index contributed by atoms with van der Waals surface area (Å²) in [5.74, 6) is 0.876. The molecule has 0 saturated carbocycles. The molecule has 0 atom stereocenters. The molecular weight excluding hydrogens is 372 g/mol. The Hall–Kier alpha value is -3.48. The van der Waals surface area contributed by atoms with Gasteiger partial charge < -0.3 is 23.6 Å². The molecular formula is C22H24N2O5. The van der Waals surface area contributed by atoms with Crippen molar-refractivity contribution in [3.05, 3.63) is 53.7 Å². The van der Waals surface area contributed by atoms with Crippen LogP contribution in [0.15, 0.2) is 47.8 Å². The fourth-order valence-corrected chi connectivity index (χ4v) is 3.28. The Kier molecular flexibility index (Phi) is 6.07. The van der Waals surface area contributed by atoms with Crippen LogP contribution < -0.4 is 14.2 Å². The van der Waals surface area contributed by atoms with Crippen molar-refractivity contribution in [3.63, 3.8) is 0 Å². The van der Waals surface area contributed by atoms with Gasteiger partial charge in [-0.1, -0.05) is 11.2 Å². The fraction of sp³-hybridized carbons (Fsp3) is 0.273. The highest BCUT2D eigenvalue weighted by molar-refractivity contribution is 6.16. The smallest absolute Gasteiger partial charge is 0.332 e. The maximum Gasteiger partial charge on any atom is 0.332 e. The Labute approximate surface area is 169 Å². The molecule has 2 aromatic carbocycles. The third kappa shape index (κ3) is 3.89. The molecule has 1 heterocycles. The summed E-state index contributed by atoms with van der Waals surface area (Å²) in [6, 6.07) is 11.5. The lowest BCUT2D eigenvalue weighted by Crippen LogP contribution is -2.09. The number of aryl methyl sites for hydroxylation is 1. The van der Waals surface area contributed by atoms with Crippen LogP contribution in [0.1, 0.15) is 25.0 Å². The van der Waals surface area contributed by atoms with Crippen molar-refractivity contribution in [3.8, 4) is 17.2 Å². The monoisotopic (exact) mass is 396 g/mol. The van der Waals surface area contributed by atoms with Crippen molar-refractivity contribution in [2.45, 2.75) is 20.4 Å². The molecule has 0 aliphatic heterocycles. The zero-order valence-electron chi connectivity index (χ0n) is 17.2. The first-order valence-electron chi connectivity index (χ1n) is 9.18. The Bertz CT molecular complexity index is 1070. The molecule has 0 aliphatic rings. The predicted molar refractivity (Wildman–Crippen MR) is 111 cm³/mol. The van der Waals surface area contributed by atoms with E-state index in [9.17, 15) is 4.79 Å². The van der Waals surface area contributed by atoms with E-state index in [1.807, 2.05) is 30.5 Å².